The van der Waals surface area contributed by atoms with Crippen LogP contribution in [0.1, 0.15) is 12.8 Å². The molecule has 0 saturated carbocycles. The lowest BCUT2D eigenvalue weighted by molar-refractivity contribution is -0.136. The molecule has 208 valence electrons. The molecule has 2 aromatic carbocycles. The van der Waals surface area contributed by atoms with Crippen molar-refractivity contribution in [1.29, 1.82) is 0 Å². The van der Waals surface area contributed by atoms with Gasteiger partial charge in [0.05, 0.1) is 39.3 Å². The van der Waals surface area contributed by atoms with Gasteiger partial charge in [-0.3, -0.25) is 9.59 Å². The van der Waals surface area contributed by atoms with Crippen LogP contribution < -0.4 is 9.47 Å². The molecule has 2 rings (SSSR count). The largest absolute Gasteiger partial charge is 0.420 e. The summed E-state index contributed by atoms with van der Waals surface area (Å²) in [7, 11) is 0. The van der Waals surface area contributed by atoms with E-state index in [-0.39, 0.29) is 26.4 Å². The number of carbonyl (C=O) groups is 2. The lowest BCUT2D eigenvalue weighted by atomic mass is 10.2. The quantitative estimate of drug-likeness (QED) is 0.0691. The van der Waals surface area contributed by atoms with E-state index in [0.29, 0.717) is 0 Å². The molecule has 0 aromatic heterocycles. The van der Waals surface area contributed by atoms with E-state index in [2.05, 4.69) is 9.47 Å². The first kappa shape index (κ1) is 30.6. The Bertz CT molecular complexity index is 1080. The van der Waals surface area contributed by atoms with Gasteiger partial charge in [-0.15, -0.1) is 0 Å². The van der Waals surface area contributed by atoms with Crippen molar-refractivity contribution in [1.82, 2.24) is 0 Å². The number of esters is 2. The summed E-state index contributed by atoms with van der Waals surface area (Å²) in [5.74, 6) is -29.4. The zero-order chi connectivity index (χ0) is 28.6. The maximum Gasteiger partial charge on any atom is 0.313 e. The molecule has 16 heteroatoms. The van der Waals surface area contributed by atoms with Crippen LogP contribution in [0.4, 0.5) is 43.9 Å². The van der Waals surface area contributed by atoms with E-state index < -0.39 is 94.5 Å². The van der Waals surface area contributed by atoms with Crippen LogP contribution >= 0.6 is 0 Å². The first-order valence-corrected chi connectivity index (χ1v) is 10.1. The van der Waals surface area contributed by atoms with Crippen LogP contribution in [-0.2, 0) is 19.1 Å². The van der Waals surface area contributed by atoms with Crippen molar-refractivity contribution in [2.45, 2.75) is 12.8 Å². The molecule has 0 N–H and O–H groups in total. The van der Waals surface area contributed by atoms with Crippen LogP contribution in [0.2, 0.25) is 0 Å². The molecule has 0 unspecified atom stereocenters. The highest BCUT2D eigenvalue weighted by atomic mass is 19.2. The predicted molar refractivity (Wildman–Crippen MR) is 104 cm³/mol. The maximum atomic E-state index is 13.4. The monoisotopic (exact) mass is 564 g/mol. The zero-order valence-electron chi connectivity index (χ0n) is 18.6. The molecule has 0 heterocycles. The smallest absolute Gasteiger partial charge is 0.313 e. The molecule has 6 nitrogen and oxygen atoms in total. The Balaban J connectivity index is 1.64. The van der Waals surface area contributed by atoms with Crippen LogP contribution in [0, 0.1) is 58.2 Å². The van der Waals surface area contributed by atoms with Gasteiger partial charge in [0.25, 0.3) is 0 Å². The number of benzene rings is 2. The summed E-state index contributed by atoms with van der Waals surface area (Å²) in [4.78, 5) is 23.1. The number of ether oxygens (including phenoxy) is 4. The van der Waals surface area contributed by atoms with Crippen LogP contribution in [0.15, 0.2) is 12.2 Å². The van der Waals surface area contributed by atoms with Crippen molar-refractivity contribution < 1.29 is 72.4 Å². The number of carbonyl (C=O) groups excluding carboxylic acids is 2. The SMILES string of the molecule is O=C(CCOC/C=C\COCCC(=O)Oc1c(F)c(F)c(F)c(F)c1F)Oc1c(F)c(F)c(F)c(F)c1F. The topological polar surface area (TPSA) is 71.1 Å². The van der Waals surface area contributed by atoms with Gasteiger partial charge in [0.1, 0.15) is 0 Å². The van der Waals surface area contributed by atoms with Crippen molar-refractivity contribution in [2.24, 2.45) is 0 Å². The third-order valence-corrected chi connectivity index (χ3v) is 4.27. The molecule has 2 aromatic rings. The van der Waals surface area contributed by atoms with E-state index in [4.69, 9.17) is 9.47 Å². The van der Waals surface area contributed by atoms with Crippen molar-refractivity contribution in [3.63, 3.8) is 0 Å². The fourth-order valence-electron chi connectivity index (χ4n) is 2.43. The van der Waals surface area contributed by atoms with Crippen LogP contribution in [0.5, 0.6) is 11.5 Å². The summed E-state index contributed by atoms with van der Waals surface area (Å²) in [6, 6.07) is 0. The Morgan fingerprint density at radius 1 is 0.474 bits per heavy atom. The van der Waals surface area contributed by atoms with Gasteiger partial charge < -0.3 is 18.9 Å². The first-order valence-electron chi connectivity index (χ1n) is 10.1. The lowest BCUT2D eigenvalue weighted by Gasteiger charge is -2.09. The zero-order valence-corrected chi connectivity index (χ0v) is 18.6. The summed E-state index contributed by atoms with van der Waals surface area (Å²) < 4.78 is 150. The van der Waals surface area contributed by atoms with E-state index in [1.807, 2.05) is 0 Å². The Morgan fingerprint density at radius 3 is 1.03 bits per heavy atom. The van der Waals surface area contributed by atoms with Gasteiger partial charge >= 0.3 is 11.9 Å². The summed E-state index contributed by atoms with van der Waals surface area (Å²) in [6.07, 6.45) is 1.47. The molecule has 0 spiro atoms. The number of rotatable bonds is 12. The van der Waals surface area contributed by atoms with Gasteiger partial charge in [0.2, 0.25) is 69.7 Å². The standard InChI is InChI=1S/C22H14F10O6/c23-11-13(25)17(29)21(18(30)14(11)26)37-9(33)3-7-35-5-1-2-6-36-8-4-10(34)38-22-19(31)15(27)12(24)16(28)20(22)32/h1-2H,3-8H2/b2-1-. The van der Waals surface area contributed by atoms with E-state index in [9.17, 15) is 53.5 Å². The molecular formula is C22H14F10O6. The molecule has 38 heavy (non-hydrogen) atoms. The number of halogens is 10. The van der Waals surface area contributed by atoms with Crippen molar-refractivity contribution in [2.75, 3.05) is 26.4 Å². The van der Waals surface area contributed by atoms with Crippen molar-refractivity contribution in [3.05, 3.63) is 70.3 Å². The summed E-state index contributed by atoms with van der Waals surface area (Å²) in [5, 5.41) is 0. The summed E-state index contributed by atoms with van der Waals surface area (Å²) in [6.45, 7) is -1.02. The minimum Gasteiger partial charge on any atom is -0.420 e. The van der Waals surface area contributed by atoms with Crippen LogP contribution in [0.3, 0.4) is 0 Å². The lowest BCUT2D eigenvalue weighted by Crippen LogP contribution is -2.15. The highest BCUT2D eigenvalue weighted by Gasteiger charge is 2.29. The Morgan fingerprint density at radius 2 is 0.737 bits per heavy atom. The van der Waals surface area contributed by atoms with Gasteiger partial charge in [-0.2, -0.15) is 17.6 Å². The minimum atomic E-state index is -2.41. The highest BCUT2D eigenvalue weighted by Crippen LogP contribution is 2.30. The average Bonchev–Trinajstić information content (AvgIpc) is 2.90. The molecule has 0 aliphatic rings. The van der Waals surface area contributed by atoms with Crippen molar-refractivity contribution >= 4 is 11.9 Å². The molecular weight excluding hydrogens is 550 g/mol. The first-order chi connectivity index (χ1) is 17.9. The normalized spacial score (nSPS) is 11.3. The molecule has 0 aliphatic heterocycles. The van der Waals surface area contributed by atoms with Gasteiger partial charge in [0, 0.05) is 0 Å². The summed E-state index contributed by atoms with van der Waals surface area (Å²) in [5.41, 5.74) is 0. The summed E-state index contributed by atoms with van der Waals surface area (Å²) >= 11 is 0. The third kappa shape index (κ3) is 7.44. The van der Waals surface area contributed by atoms with Gasteiger partial charge in [0.15, 0.2) is 0 Å². The minimum absolute atomic E-state index is 0.137. The molecule has 0 amide bonds. The second-order valence-corrected chi connectivity index (χ2v) is 6.87. The molecule has 0 saturated heterocycles. The van der Waals surface area contributed by atoms with Crippen LogP contribution in [0.25, 0.3) is 0 Å². The maximum absolute atomic E-state index is 13.4. The van der Waals surface area contributed by atoms with E-state index in [0.717, 1.165) is 0 Å². The predicted octanol–water partition coefficient (Wildman–Crippen LogP) is 4.96. The highest BCUT2D eigenvalue weighted by molar-refractivity contribution is 5.73. The molecule has 0 aliphatic carbocycles. The Kier molecular flexibility index (Phi) is 11.1. The molecule has 0 atom stereocenters. The second kappa shape index (κ2) is 13.8. The van der Waals surface area contributed by atoms with Crippen LogP contribution in [-0.4, -0.2) is 38.4 Å². The molecule has 0 bridgehead atoms. The second-order valence-electron chi connectivity index (χ2n) is 6.87. The van der Waals surface area contributed by atoms with E-state index >= 15 is 0 Å². The third-order valence-electron chi connectivity index (χ3n) is 4.27. The van der Waals surface area contributed by atoms with E-state index in [1.54, 1.807) is 0 Å². The molecule has 0 radical (unpaired) electrons. The van der Waals surface area contributed by atoms with Gasteiger partial charge in [-0.05, 0) is 0 Å². The Hall–Kier alpha value is -3.66. The fourth-order valence-corrected chi connectivity index (χ4v) is 2.43. The number of hydrogen-bond acceptors (Lipinski definition) is 6. The van der Waals surface area contributed by atoms with E-state index in [1.165, 1.54) is 12.2 Å². The number of hydrogen-bond donors (Lipinski definition) is 0. The van der Waals surface area contributed by atoms with Gasteiger partial charge in [-0.25, -0.2) is 26.3 Å². The average molecular weight is 564 g/mol. The molecule has 0 fully saturated rings. The fraction of sp³-hybridized carbons (Fsp3) is 0.273. The van der Waals surface area contributed by atoms with Gasteiger partial charge in [-0.1, -0.05) is 12.2 Å². The van der Waals surface area contributed by atoms with Crippen molar-refractivity contribution in [3.8, 4) is 11.5 Å². The Labute approximate surface area is 206 Å².